The lowest BCUT2D eigenvalue weighted by Crippen LogP contribution is -2.30. The minimum Gasteiger partial charge on any atom is -0.382 e. The van der Waals surface area contributed by atoms with Crippen LogP contribution in [0.15, 0.2) is 24.3 Å². The number of methoxy groups -OCH3 is 1. The lowest BCUT2D eigenvalue weighted by Gasteiger charge is -2.07. The van der Waals surface area contributed by atoms with Crippen LogP contribution >= 0.6 is 0 Å². The maximum atomic E-state index is 11.6. The Morgan fingerprint density at radius 1 is 1.16 bits per heavy atom. The molecule has 1 rings (SSSR count). The van der Waals surface area contributed by atoms with Gasteiger partial charge in [-0.3, -0.25) is 4.79 Å². The number of rotatable bonds is 9. The Balaban J connectivity index is 2.06. The number of aryl methyl sites for hydroxylation is 1. The summed E-state index contributed by atoms with van der Waals surface area (Å²) in [6.45, 7) is 4.67. The van der Waals surface area contributed by atoms with E-state index in [9.17, 15) is 4.79 Å². The topological polar surface area (TPSA) is 59.6 Å². The molecule has 0 aromatic heterocycles. The van der Waals surface area contributed by atoms with Crippen LogP contribution in [0.25, 0.3) is 0 Å². The summed E-state index contributed by atoms with van der Waals surface area (Å²) in [5.41, 5.74) is 1.98. The van der Waals surface area contributed by atoms with E-state index < -0.39 is 0 Å². The van der Waals surface area contributed by atoms with Gasteiger partial charge in [0.1, 0.15) is 0 Å². The zero-order valence-corrected chi connectivity index (χ0v) is 11.6. The third-order valence-corrected chi connectivity index (χ3v) is 2.48. The maximum Gasteiger partial charge on any atom is 0.238 e. The predicted molar refractivity (Wildman–Crippen MR) is 75.4 cm³/mol. The molecule has 1 aromatic rings. The molecule has 5 nitrogen and oxygen atoms in total. The summed E-state index contributed by atoms with van der Waals surface area (Å²) >= 11 is 0. The molecule has 0 saturated heterocycles. The second-order valence-electron chi connectivity index (χ2n) is 4.20. The van der Waals surface area contributed by atoms with E-state index >= 15 is 0 Å². The van der Waals surface area contributed by atoms with Gasteiger partial charge >= 0.3 is 0 Å². The average Bonchev–Trinajstić information content (AvgIpc) is 2.40. The lowest BCUT2D eigenvalue weighted by atomic mass is 10.2. The Morgan fingerprint density at radius 2 is 1.89 bits per heavy atom. The molecule has 1 aromatic carbocycles. The molecule has 0 atom stereocenters. The van der Waals surface area contributed by atoms with Crippen LogP contribution in [-0.4, -0.2) is 45.9 Å². The normalized spacial score (nSPS) is 10.4. The molecular formula is C14H22N2O3. The summed E-state index contributed by atoms with van der Waals surface area (Å²) in [4.78, 5) is 11.6. The molecule has 0 aliphatic heterocycles. The van der Waals surface area contributed by atoms with Crippen LogP contribution in [-0.2, 0) is 14.3 Å². The molecule has 2 N–H and O–H groups in total. The molecule has 0 fully saturated rings. The zero-order chi connectivity index (χ0) is 13.9. The van der Waals surface area contributed by atoms with Crippen molar-refractivity contribution in [3.63, 3.8) is 0 Å². The monoisotopic (exact) mass is 266 g/mol. The van der Waals surface area contributed by atoms with Crippen molar-refractivity contribution in [1.29, 1.82) is 0 Å². The lowest BCUT2D eigenvalue weighted by molar-refractivity contribution is -0.115. The largest absolute Gasteiger partial charge is 0.382 e. The van der Waals surface area contributed by atoms with E-state index in [0.29, 0.717) is 26.4 Å². The van der Waals surface area contributed by atoms with Crippen LogP contribution in [0.2, 0.25) is 0 Å². The highest BCUT2D eigenvalue weighted by Gasteiger charge is 2.01. The van der Waals surface area contributed by atoms with Crippen molar-refractivity contribution in [3.05, 3.63) is 29.8 Å². The number of amides is 1. The van der Waals surface area contributed by atoms with Crippen LogP contribution in [0.5, 0.6) is 0 Å². The number of ether oxygens (including phenoxy) is 2. The van der Waals surface area contributed by atoms with Crippen molar-refractivity contribution in [3.8, 4) is 0 Å². The Morgan fingerprint density at radius 3 is 2.58 bits per heavy atom. The van der Waals surface area contributed by atoms with Crippen molar-refractivity contribution in [2.45, 2.75) is 6.92 Å². The van der Waals surface area contributed by atoms with Crippen molar-refractivity contribution in [2.24, 2.45) is 0 Å². The van der Waals surface area contributed by atoms with E-state index in [2.05, 4.69) is 10.6 Å². The van der Waals surface area contributed by atoms with Gasteiger partial charge in [-0.1, -0.05) is 17.7 Å². The molecule has 106 valence electrons. The van der Waals surface area contributed by atoms with Crippen LogP contribution in [0.1, 0.15) is 5.56 Å². The van der Waals surface area contributed by atoms with E-state index in [1.54, 1.807) is 7.11 Å². The van der Waals surface area contributed by atoms with Crippen molar-refractivity contribution in [1.82, 2.24) is 5.32 Å². The molecule has 19 heavy (non-hydrogen) atoms. The average molecular weight is 266 g/mol. The molecule has 0 unspecified atom stereocenters. The van der Waals surface area contributed by atoms with Crippen LogP contribution in [0.3, 0.4) is 0 Å². The third-order valence-electron chi connectivity index (χ3n) is 2.48. The number of anilines is 1. The van der Waals surface area contributed by atoms with Crippen LogP contribution < -0.4 is 10.6 Å². The highest BCUT2D eigenvalue weighted by molar-refractivity contribution is 5.92. The number of carbonyl (C=O) groups excluding carboxylic acids is 1. The Kier molecular flexibility index (Phi) is 7.81. The van der Waals surface area contributed by atoms with Gasteiger partial charge in [0.05, 0.1) is 26.4 Å². The van der Waals surface area contributed by atoms with Crippen molar-refractivity contribution in [2.75, 3.05) is 45.3 Å². The van der Waals surface area contributed by atoms with Gasteiger partial charge in [0, 0.05) is 19.3 Å². The molecule has 5 heteroatoms. The van der Waals surface area contributed by atoms with E-state index in [-0.39, 0.29) is 12.5 Å². The summed E-state index contributed by atoms with van der Waals surface area (Å²) in [7, 11) is 1.64. The first-order chi connectivity index (χ1) is 9.22. The first-order valence-corrected chi connectivity index (χ1v) is 6.36. The summed E-state index contributed by atoms with van der Waals surface area (Å²) in [5, 5.41) is 5.83. The van der Waals surface area contributed by atoms with Gasteiger partial charge < -0.3 is 20.1 Å². The zero-order valence-electron chi connectivity index (χ0n) is 11.6. The van der Waals surface area contributed by atoms with Gasteiger partial charge in [0.15, 0.2) is 0 Å². The van der Waals surface area contributed by atoms with Gasteiger partial charge in [-0.15, -0.1) is 0 Å². The quantitative estimate of drug-likeness (QED) is 0.659. The first kappa shape index (κ1) is 15.6. The molecular weight excluding hydrogens is 244 g/mol. The fourth-order valence-electron chi connectivity index (χ4n) is 1.43. The van der Waals surface area contributed by atoms with Gasteiger partial charge in [0.2, 0.25) is 5.91 Å². The fourth-order valence-corrected chi connectivity index (χ4v) is 1.43. The molecule has 0 heterocycles. The van der Waals surface area contributed by atoms with E-state index in [4.69, 9.17) is 9.47 Å². The Labute approximate surface area is 114 Å². The minimum atomic E-state index is -0.0549. The molecule has 0 bridgehead atoms. The highest BCUT2D eigenvalue weighted by Crippen LogP contribution is 2.07. The van der Waals surface area contributed by atoms with Gasteiger partial charge in [0.25, 0.3) is 0 Å². The number of nitrogens with one attached hydrogen (secondary N) is 2. The number of hydrogen-bond donors (Lipinski definition) is 2. The standard InChI is InChI=1S/C14H22N2O3/c1-12-3-5-13(6-4-12)16-14(17)11-15-7-8-19-10-9-18-2/h3-6,15H,7-11H2,1-2H3,(H,16,17). The molecule has 0 aliphatic carbocycles. The second-order valence-corrected chi connectivity index (χ2v) is 4.20. The molecule has 0 saturated carbocycles. The van der Waals surface area contributed by atoms with Crippen molar-refractivity contribution >= 4 is 11.6 Å². The maximum absolute atomic E-state index is 11.6. The fraction of sp³-hybridized carbons (Fsp3) is 0.500. The summed E-state index contributed by atoms with van der Waals surface area (Å²) < 4.78 is 10.1. The number of carbonyl (C=O) groups is 1. The van der Waals surface area contributed by atoms with Gasteiger partial charge in [-0.25, -0.2) is 0 Å². The second kappa shape index (κ2) is 9.49. The minimum absolute atomic E-state index is 0.0549. The van der Waals surface area contributed by atoms with E-state index in [1.807, 2.05) is 31.2 Å². The Hall–Kier alpha value is -1.43. The molecule has 0 aliphatic rings. The highest BCUT2D eigenvalue weighted by atomic mass is 16.5. The third kappa shape index (κ3) is 7.56. The van der Waals surface area contributed by atoms with E-state index in [1.165, 1.54) is 5.56 Å². The van der Waals surface area contributed by atoms with Crippen LogP contribution in [0, 0.1) is 6.92 Å². The molecule has 0 radical (unpaired) electrons. The SMILES string of the molecule is COCCOCCNCC(=O)Nc1ccc(C)cc1. The number of benzene rings is 1. The molecule has 1 amide bonds. The van der Waals surface area contributed by atoms with Crippen LogP contribution in [0.4, 0.5) is 5.69 Å². The smallest absolute Gasteiger partial charge is 0.238 e. The summed E-state index contributed by atoms with van der Waals surface area (Å²) in [6, 6.07) is 7.71. The van der Waals surface area contributed by atoms with Crippen molar-refractivity contribution < 1.29 is 14.3 Å². The molecule has 0 spiro atoms. The van der Waals surface area contributed by atoms with Gasteiger partial charge in [-0.05, 0) is 19.1 Å². The van der Waals surface area contributed by atoms with Gasteiger partial charge in [-0.2, -0.15) is 0 Å². The first-order valence-electron chi connectivity index (χ1n) is 6.36. The number of hydrogen-bond acceptors (Lipinski definition) is 4. The predicted octanol–water partition coefficient (Wildman–Crippen LogP) is 1.19. The summed E-state index contributed by atoms with van der Waals surface area (Å²) in [6.07, 6.45) is 0. The Bertz CT molecular complexity index is 365. The summed E-state index contributed by atoms with van der Waals surface area (Å²) in [5.74, 6) is -0.0549. The van der Waals surface area contributed by atoms with E-state index in [0.717, 1.165) is 5.69 Å².